The van der Waals surface area contributed by atoms with Crippen LogP contribution >= 0.6 is 0 Å². The Morgan fingerprint density at radius 1 is 1.50 bits per heavy atom. The van der Waals surface area contributed by atoms with Crippen LogP contribution in [-0.2, 0) is 11.3 Å². The van der Waals surface area contributed by atoms with Crippen molar-refractivity contribution >= 4 is 11.8 Å². The predicted octanol–water partition coefficient (Wildman–Crippen LogP) is 3.04. The van der Waals surface area contributed by atoms with Gasteiger partial charge in [0, 0.05) is 18.0 Å². The number of carboxylic acid groups (broad SMARTS) is 1. The number of ether oxygens (including phenoxy) is 2. The third kappa shape index (κ3) is 4.35. The van der Waals surface area contributed by atoms with Gasteiger partial charge in [-0.15, -0.1) is 0 Å². The molecule has 0 aromatic heterocycles. The zero-order valence-corrected chi connectivity index (χ0v) is 14.0. The summed E-state index contributed by atoms with van der Waals surface area (Å²) >= 11 is 0. The molecule has 8 nitrogen and oxygen atoms in total. The van der Waals surface area contributed by atoms with Gasteiger partial charge < -0.3 is 14.6 Å². The molecule has 1 atom stereocenters. The molecule has 0 bridgehead atoms. The quantitative estimate of drug-likeness (QED) is 0.654. The Hall–Kier alpha value is -2.35. The van der Waals surface area contributed by atoms with Crippen molar-refractivity contribution in [3.05, 3.63) is 33.9 Å². The number of nitro groups is 1. The van der Waals surface area contributed by atoms with Crippen LogP contribution in [-0.4, -0.2) is 45.9 Å². The first kappa shape index (κ1) is 18.0. The van der Waals surface area contributed by atoms with E-state index in [1.807, 2.05) is 0 Å². The van der Waals surface area contributed by atoms with Crippen molar-refractivity contribution in [3.8, 4) is 5.75 Å². The number of rotatable bonds is 5. The van der Waals surface area contributed by atoms with E-state index in [9.17, 15) is 20.0 Å². The molecule has 0 aliphatic carbocycles. The van der Waals surface area contributed by atoms with E-state index in [1.54, 1.807) is 20.8 Å². The van der Waals surface area contributed by atoms with E-state index >= 15 is 0 Å². The minimum atomic E-state index is -1.13. The van der Waals surface area contributed by atoms with Gasteiger partial charge in [0.15, 0.2) is 0 Å². The normalized spacial score (nSPS) is 17.5. The molecule has 1 N–H and O–H groups in total. The monoisotopic (exact) mass is 338 g/mol. The number of carbonyl (C=O) groups is 1. The van der Waals surface area contributed by atoms with Crippen LogP contribution in [0.2, 0.25) is 0 Å². The summed E-state index contributed by atoms with van der Waals surface area (Å²) in [5.74, 6) is 0.477. The molecule has 1 aliphatic heterocycles. The first-order valence-corrected chi connectivity index (χ1v) is 7.71. The highest BCUT2D eigenvalue weighted by Crippen LogP contribution is 2.29. The minimum Gasteiger partial charge on any atom is -0.488 e. The maximum atomic E-state index is 11.5. The van der Waals surface area contributed by atoms with Crippen molar-refractivity contribution in [3.63, 3.8) is 0 Å². The summed E-state index contributed by atoms with van der Waals surface area (Å²) in [6.07, 6.45) is -0.458. The van der Waals surface area contributed by atoms with E-state index in [1.165, 1.54) is 18.2 Å². The van der Waals surface area contributed by atoms with Crippen LogP contribution in [0, 0.1) is 10.1 Å². The molecule has 1 amide bonds. The van der Waals surface area contributed by atoms with Crippen LogP contribution in [0.25, 0.3) is 0 Å². The van der Waals surface area contributed by atoms with Crippen LogP contribution < -0.4 is 4.74 Å². The molecule has 24 heavy (non-hydrogen) atoms. The molecule has 0 saturated carbocycles. The van der Waals surface area contributed by atoms with Crippen molar-refractivity contribution in [1.29, 1.82) is 0 Å². The SMILES string of the molecule is CC(C)(C)N(Cc1cc(OC2CCOC2)ccc1[N+](=O)[O-])C(=O)O. The van der Waals surface area contributed by atoms with Gasteiger partial charge in [-0.25, -0.2) is 4.79 Å². The van der Waals surface area contributed by atoms with Crippen molar-refractivity contribution in [2.24, 2.45) is 0 Å². The van der Waals surface area contributed by atoms with Gasteiger partial charge in [0.1, 0.15) is 11.9 Å². The molecule has 2 rings (SSSR count). The zero-order valence-electron chi connectivity index (χ0n) is 14.0. The number of amides is 1. The van der Waals surface area contributed by atoms with Crippen molar-refractivity contribution in [2.75, 3.05) is 13.2 Å². The van der Waals surface area contributed by atoms with E-state index in [4.69, 9.17) is 9.47 Å². The Bertz CT molecular complexity index is 619. The van der Waals surface area contributed by atoms with Gasteiger partial charge in [-0.2, -0.15) is 0 Å². The van der Waals surface area contributed by atoms with Gasteiger partial charge in [-0.05, 0) is 32.9 Å². The zero-order chi connectivity index (χ0) is 17.9. The third-order valence-electron chi connectivity index (χ3n) is 3.81. The van der Waals surface area contributed by atoms with Crippen LogP contribution in [0.5, 0.6) is 5.75 Å². The second-order valence-corrected chi connectivity index (χ2v) is 6.69. The van der Waals surface area contributed by atoms with Crippen molar-refractivity contribution in [1.82, 2.24) is 4.90 Å². The second-order valence-electron chi connectivity index (χ2n) is 6.69. The fourth-order valence-corrected chi connectivity index (χ4v) is 2.50. The number of hydrogen-bond donors (Lipinski definition) is 1. The average Bonchev–Trinajstić information content (AvgIpc) is 2.96. The van der Waals surface area contributed by atoms with Crippen molar-refractivity contribution < 1.29 is 24.3 Å². The molecule has 1 aromatic carbocycles. The summed E-state index contributed by atoms with van der Waals surface area (Å²) < 4.78 is 11.0. The summed E-state index contributed by atoms with van der Waals surface area (Å²) in [4.78, 5) is 23.4. The van der Waals surface area contributed by atoms with Crippen molar-refractivity contribution in [2.45, 2.75) is 45.4 Å². The van der Waals surface area contributed by atoms with Crippen LogP contribution in [0.1, 0.15) is 32.8 Å². The lowest BCUT2D eigenvalue weighted by Gasteiger charge is -2.33. The van der Waals surface area contributed by atoms with E-state index in [0.29, 0.717) is 24.5 Å². The molecule has 0 spiro atoms. The van der Waals surface area contributed by atoms with Gasteiger partial charge in [-0.1, -0.05) is 0 Å². The molecule has 1 unspecified atom stereocenters. The minimum absolute atomic E-state index is 0.0856. The standard InChI is InChI=1S/C16H22N2O6/c1-16(2,3)17(15(19)20)9-11-8-12(4-5-14(11)18(21)22)24-13-6-7-23-10-13/h4-5,8,13H,6-7,9-10H2,1-3H3,(H,19,20). The molecule has 0 radical (unpaired) electrons. The molecule has 1 aromatic rings. The first-order valence-electron chi connectivity index (χ1n) is 7.71. The number of nitro benzene ring substituents is 1. The first-order chi connectivity index (χ1) is 11.2. The molecule has 1 heterocycles. The largest absolute Gasteiger partial charge is 0.488 e. The molecule has 1 saturated heterocycles. The van der Waals surface area contributed by atoms with Gasteiger partial charge >= 0.3 is 6.09 Å². The highest BCUT2D eigenvalue weighted by atomic mass is 16.6. The maximum Gasteiger partial charge on any atom is 0.408 e. The lowest BCUT2D eigenvalue weighted by atomic mass is 10.0. The van der Waals surface area contributed by atoms with E-state index < -0.39 is 16.6 Å². The average molecular weight is 338 g/mol. The Kier molecular flexibility index (Phi) is 5.28. The summed E-state index contributed by atoms with van der Waals surface area (Å²) in [5, 5.41) is 20.7. The predicted molar refractivity (Wildman–Crippen MR) is 86.3 cm³/mol. The molecular weight excluding hydrogens is 316 g/mol. The van der Waals surface area contributed by atoms with E-state index in [-0.39, 0.29) is 18.3 Å². The van der Waals surface area contributed by atoms with Crippen LogP contribution in [0.15, 0.2) is 18.2 Å². The molecule has 1 fully saturated rings. The topological polar surface area (TPSA) is 102 Å². The van der Waals surface area contributed by atoms with Crippen LogP contribution in [0.3, 0.4) is 0 Å². The fraction of sp³-hybridized carbons (Fsp3) is 0.562. The number of benzene rings is 1. The van der Waals surface area contributed by atoms with Gasteiger partial charge in [-0.3, -0.25) is 15.0 Å². The highest BCUT2D eigenvalue weighted by Gasteiger charge is 2.29. The van der Waals surface area contributed by atoms with E-state index in [0.717, 1.165) is 11.3 Å². The van der Waals surface area contributed by atoms with Crippen LogP contribution in [0.4, 0.5) is 10.5 Å². The second kappa shape index (κ2) is 7.04. The molecule has 132 valence electrons. The smallest absolute Gasteiger partial charge is 0.408 e. The molecule has 1 aliphatic rings. The van der Waals surface area contributed by atoms with Gasteiger partial charge in [0.2, 0.25) is 0 Å². The number of hydrogen-bond acceptors (Lipinski definition) is 5. The molecule has 8 heteroatoms. The van der Waals surface area contributed by atoms with E-state index in [2.05, 4.69) is 0 Å². The number of nitrogens with zero attached hydrogens (tertiary/aromatic N) is 2. The Morgan fingerprint density at radius 2 is 2.21 bits per heavy atom. The van der Waals surface area contributed by atoms with Gasteiger partial charge in [0.25, 0.3) is 5.69 Å². The third-order valence-corrected chi connectivity index (χ3v) is 3.81. The molecular formula is C16H22N2O6. The summed E-state index contributed by atoms with van der Waals surface area (Å²) in [7, 11) is 0. The summed E-state index contributed by atoms with van der Waals surface area (Å²) in [5.41, 5.74) is -0.509. The lowest BCUT2D eigenvalue weighted by molar-refractivity contribution is -0.385. The lowest BCUT2D eigenvalue weighted by Crippen LogP contribution is -2.44. The summed E-state index contributed by atoms with van der Waals surface area (Å²) in [6, 6.07) is 4.42. The van der Waals surface area contributed by atoms with Gasteiger partial charge in [0.05, 0.1) is 30.2 Å². The summed E-state index contributed by atoms with van der Waals surface area (Å²) in [6.45, 7) is 6.24. The Morgan fingerprint density at radius 3 is 2.71 bits per heavy atom. The fourth-order valence-electron chi connectivity index (χ4n) is 2.50. The maximum absolute atomic E-state index is 11.5. The Labute approximate surface area is 140 Å². The Balaban J connectivity index is 2.30. The highest BCUT2D eigenvalue weighted by molar-refractivity contribution is 5.66.